The van der Waals surface area contributed by atoms with E-state index in [2.05, 4.69) is 13.2 Å². The normalized spacial score (nSPS) is 20.0. The van der Waals surface area contributed by atoms with Gasteiger partial charge >= 0.3 is 0 Å². The fraction of sp³-hybridized carbons (Fsp3) is 0.636. The van der Waals surface area contributed by atoms with Gasteiger partial charge in [0.05, 0.1) is 11.2 Å². The molecule has 0 radical (unpaired) electrons. The number of rotatable bonds is 6. The monoisotopic (exact) mass is 184 g/mol. The summed E-state index contributed by atoms with van der Waals surface area (Å²) in [6.45, 7) is 10.5. The first kappa shape index (κ1) is 12.4. The zero-order valence-corrected chi connectivity index (χ0v) is 8.58. The van der Waals surface area contributed by atoms with Gasteiger partial charge in [-0.3, -0.25) is 0 Å². The second-order valence-electron chi connectivity index (χ2n) is 4.16. The van der Waals surface area contributed by atoms with Crippen LogP contribution in [0.5, 0.6) is 0 Å². The third-order valence-electron chi connectivity index (χ3n) is 1.93. The molecule has 0 bridgehead atoms. The van der Waals surface area contributed by atoms with E-state index in [9.17, 15) is 10.2 Å². The van der Waals surface area contributed by atoms with Crippen LogP contribution in [-0.4, -0.2) is 21.4 Å². The molecule has 0 amide bonds. The van der Waals surface area contributed by atoms with E-state index in [1.165, 1.54) is 0 Å². The zero-order chi connectivity index (χ0) is 10.5. The highest BCUT2D eigenvalue weighted by molar-refractivity contribution is 4.92. The predicted octanol–water partition coefficient (Wildman–Crippen LogP) is 2.03. The molecule has 0 aliphatic heterocycles. The van der Waals surface area contributed by atoms with Gasteiger partial charge in [-0.2, -0.15) is 0 Å². The van der Waals surface area contributed by atoms with E-state index < -0.39 is 11.2 Å². The average Bonchev–Trinajstić information content (AvgIpc) is 1.82. The average molecular weight is 184 g/mol. The summed E-state index contributed by atoms with van der Waals surface area (Å²) in [6.07, 6.45) is 4.62. The molecule has 0 aromatic carbocycles. The molecule has 0 aliphatic carbocycles. The molecule has 2 atom stereocenters. The number of aliphatic hydroxyl groups is 2. The van der Waals surface area contributed by atoms with Gasteiger partial charge in [-0.15, -0.1) is 13.2 Å². The smallest absolute Gasteiger partial charge is 0.0681 e. The Kier molecular flexibility index (Phi) is 4.37. The fourth-order valence-electron chi connectivity index (χ4n) is 1.59. The molecular formula is C11H20O2. The standard InChI is InChI=1S/C11H20O2/c1-5-7-10(3,12)9-11(4,13)8-6-2/h5-6,12-13H,1-2,7-9H2,3-4H3/t10-,11+. The summed E-state index contributed by atoms with van der Waals surface area (Å²) in [7, 11) is 0. The minimum atomic E-state index is -0.881. The summed E-state index contributed by atoms with van der Waals surface area (Å²) in [6, 6.07) is 0. The summed E-state index contributed by atoms with van der Waals surface area (Å²) in [5.74, 6) is 0. The SMILES string of the molecule is C=CC[C@](C)(O)C[C@](C)(O)CC=C. The highest BCUT2D eigenvalue weighted by Gasteiger charge is 2.30. The lowest BCUT2D eigenvalue weighted by Gasteiger charge is -2.31. The number of hydrogen-bond acceptors (Lipinski definition) is 2. The van der Waals surface area contributed by atoms with Crippen molar-refractivity contribution in [1.82, 2.24) is 0 Å². The van der Waals surface area contributed by atoms with Crippen LogP contribution in [0.25, 0.3) is 0 Å². The molecule has 2 nitrogen and oxygen atoms in total. The molecule has 0 spiro atoms. The summed E-state index contributed by atoms with van der Waals surface area (Å²) < 4.78 is 0. The lowest BCUT2D eigenvalue weighted by Crippen LogP contribution is -2.36. The van der Waals surface area contributed by atoms with Gasteiger partial charge < -0.3 is 10.2 Å². The van der Waals surface area contributed by atoms with Crippen LogP contribution >= 0.6 is 0 Å². The third-order valence-corrected chi connectivity index (χ3v) is 1.93. The maximum Gasteiger partial charge on any atom is 0.0681 e. The first-order valence-electron chi connectivity index (χ1n) is 4.49. The largest absolute Gasteiger partial charge is 0.390 e. The van der Waals surface area contributed by atoms with Gasteiger partial charge in [0.15, 0.2) is 0 Å². The van der Waals surface area contributed by atoms with Crippen molar-refractivity contribution in [1.29, 1.82) is 0 Å². The van der Waals surface area contributed by atoms with Crippen LogP contribution in [0.3, 0.4) is 0 Å². The lowest BCUT2D eigenvalue weighted by molar-refractivity contribution is -0.0416. The first-order valence-corrected chi connectivity index (χ1v) is 4.49. The van der Waals surface area contributed by atoms with Crippen molar-refractivity contribution in [3.63, 3.8) is 0 Å². The second-order valence-corrected chi connectivity index (χ2v) is 4.16. The highest BCUT2D eigenvalue weighted by Crippen LogP contribution is 2.26. The Morgan fingerprint density at radius 1 is 1.00 bits per heavy atom. The van der Waals surface area contributed by atoms with Crippen molar-refractivity contribution in [2.75, 3.05) is 0 Å². The first-order chi connectivity index (χ1) is 5.83. The van der Waals surface area contributed by atoms with E-state index >= 15 is 0 Å². The van der Waals surface area contributed by atoms with E-state index in [1.807, 2.05) is 0 Å². The number of hydrogen-bond donors (Lipinski definition) is 2. The summed E-state index contributed by atoms with van der Waals surface area (Å²) >= 11 is 0. The predicted molar refractivity (Wildman–Crippen MR) is 55.5 cm³/mol. The Balaban J connectivity index is 4.22. The molecule has 0 aromatic heterocycles. The molecule has 0 rings (SSSR count). The van der Waals surface area contributed by atoms with Crippen LogP contribution in [0, 0.1) is 0 Å². The van der Waals surface area contributed by atoms with E-state index in [1.54, 1.807) is 26.0 Å². The molecule has 0 fully saturated rings. The van der Waals surface area contributed by atoms with Gasteiger partial charge in [0.1, 0.15) is 0 Å². The Morgan fingerprint density at radius 2 is 1.31 bits per heavy atom. The van der Waals surface area contributed by atoms with Crippen LogP contribution in [0.15, 0.2) is 25.3 Å². The van der Waals surface area contributed by atoms with E-state index in [4.69, 9.17) is 0 Å². The molecule has 0 saturated carbocycles. The van der Waals surface area contributed by atoms with Crippen LogP contribution in [0.4, 0.5) is 0 Å². The zero-order valence-electron chi connectivity index (χ0n) is 8.58. The van der Waals surface area contributed by atoms with Gasteiger partial charge in [0, 0.05) is 6.42 Å². The second kappa shape index (κ2) is 4.58. The van der Waals surface area contributed by atoms with E-state index in [-0.39, 0.29) is 0 Å². The molecule has 0 heterocycles. The van der Waals surface area contributed by atoms with Gasteiger partial charge in [0.2, 0.25) is 0 Å². The molecular weight excluding hydrogens is 164 g/mol. The highest BCUT2D eigenvalue weighted by atomic mass is 16.3. The van der Waals surface area contributed by atoms with Crippen molar-refractivity contribution in [3.05, 3.63) is 25.3 Å². The summed E-state index contributed by atoms with van der Waals surface area (Å²) in [4.78, 5) is 0. The lowest BCUT2D eigenvalue weighted by atomic mass is 9.85. The van der Waals surface area contributed by atoms with Gasteiger partial charge in [-0.25, -0.2) is 0 Å². The van der Waals surface area contributed by atoms with E-state index in [0.717, 1.165) is 0 Å². The van der Waals surface area contributed by atoms with Gasteiger partial charge in [-0.1, -0.05) is 12.2 Å². The molecule has 0 aliphatic rings. The van der Waals surface area contributed by atoms with Crippen molar-refractivity contribution in [2.24, 2.45) is 0 Å². The van der Waals surface area contributed by atoms with Crippen LogP contribution in [-0.2, 0) is 0 Å². The Labute approximate surface area is 80.6 Å². The minimum Gasteiger partial charge on any atom is -0.390 e. The Morgan fingerprint density at radius 3 is 1.54 bits per heavy atom. The molecule has 0 aromatic rings. The van der Waals surface area contributed by atoms with Crippen molar-refractivity contribution in [2.45, 2.75) is 44.3 Å². The van der Waals surface area contributed by atoms with Crippen molar-refractivity contribution in [3.8, 4) is 0 Å². The maximum atomic E-state index is 9.81. The van der Waals surface area contributed by atoms with Crippen LogP contribution in [0.1, 0.15) is 33.1 Å². The molecule has 13 heavy (non-hydrogen) atoms. The van der Waals surface area contributed by atoms with Gasteiger partial charge in [0.25, 0.3) is 0 Å². The quantitative estimate of drug-likeness (QED) is 0.620. The molecule has 2 N–H and O–H groups in total. The van der Waals surface area contributed by atoms with Crippen LogP contribution < -0.4 is 0 Å². The molecule has 0 unspecified atom stereocenters. The Hall–Kier alpha value is -0.600. The Bertz CT molecular complexity index is 161. The summed E-state index contributed by atoms with van der Waals surface area (Å²) in [5, 5.41) is 19.6. The summed E-state index contributed by atoms with van der Waals surface area (Å²) in [5.41, 5.74) is -1.76. The third kappa shape index (κ3) is 5.61. The van der Waals surface area contributed by atoms with Crippen molar-refractivity contribution < 1.29 is 10.2 Å². The maximum absolute atomic E-state index is 9.81. The molecule has 2 heteroatoms. The van der Waals surface area contributed by atoms with Gasteiger partial charge in [-0.05, 0) is 26.7 Å². The topological polar surface area (TPSA) is 40.5 Å². The molecule has 0 saturated heterocycles. The fourth-order valence-corrected chi connectivity index (χ4v) is 1.59. The molecule has 76 valence electrons. The van der Waals surface area contributed by atoms with Crippen LogP contribution in [0.2, 0.25) is 0 Å². The van der Waals surface area contributed by atoms with E-state index in [0.29, 0.717) is 19.3 Å². The van der Waals surface area contributed by atoms with Crippen molar-refractivity contribution >= 4 is 0 Å². The minimum absolute atomic E-state index is 0.331.